The molecule has 2 rings (SSSR count). The Morgan fingerprint density at radius 3 is 2.65 bits per heavy atom. The van der Waals surface area contributed by atoms with Crippen molar-refractivity contribution in [2.45, 2.75) is 20.1 Å². The van der Waals surface area contributed by atoms with E-state index in [9.17, 15) is 4.39 Å². The summed E-state index contributed by atoms with van der Waals surface area (Å²) in [5, 5.41) is 6.85. The van der Waals surface area contributed by atoms with Crippen LogP contribution < -0.4 is 0 Å². The second-order valence-corrected chi connectivity index (χ2v) is 4.77. The molecule has 0 saturated heterocycles. The molecule has 0 bridgehead atoms. The molecule has 0 saturated carbocycles. The number of ether oxygens (including phenoxy) is 2. The topological polar surface area (TPSA) is 60.0 Å². The molecule has 2 aromatic rings. The Hall–Kier alpha value is -1.31. The normalized spacial score (nSPS) is 11.2. The van der Waals surface area contributed by atoms with Crippen molar-refractivity contribution in [2.75, 3.05) is 13.2 Å². The lowest BCUT2D eigenvalue weighted by atomic mass is 10.2. The van der Waals surface area contributed by atoms with Crippen LogP contribution in [0.3, 0.4) is 0 Å². The van der Waals surface area contributed by atoms with Crippen LogP contribution in [-0.2, 0) is 9.47 Å². The van der Waals surface area contributed by atoms with Crippen LogP contribution in [0.15, 0.2) is 22.7 Å². The highest BCUT2D eigenvalue weighted by Gasteiger charge is 2.18. The molecule has 0 unspecified atom stereocenters. The Kier molecular flexibility index (Phi) is 5.22. The summed E-state index contributed by atoms with van der Waals surface area (Å²) in [5.41, 5.74) is 0.569. The second kappa shape index (κ2) is 6.92. The zero-order chi connectivity index (χ0) is 14.5. The summed E-state index contributed by atoms with van der Waals surface area (Å²) in [5.74, 6) is 0.497. The Bertz CT molecular complexity index is 570. The third kappa shape index (κ3) is 3.41. The smallest absolute Gasteiger partial charge is 0.218 e. The number of halogens is 2. The van der Waals surface area contributed by atoms with Crippen LogP contribution in [0, 0.1) is 5.82 Å². The summed E-state index contributed by atoms with van der Waals surface area (Å²) < 4.78 is 24.9. The highest BCUT2D eigenvalue weighted by molar-refractivity contribution is 9.10. The van der Waals surface area contributed by atoms with Gasteiger partial charge < -0.3 is 9.47 Å². The van der Waals surface area contributed by atoms with E-state index in [1.807, 2.05) is 13.8 Å². The van der Waals surface area contributed by atoms with Gasteiger partial charge in [-0.05, 0) is 32.0 Å². The molecular weight excluding hydrogens is 329 g/mol. The Labute approximate surface area is 124 Å². The minimum atomic E-state index is -0.599. The standard InChI is InChI=1S/C13H15BrFN3O2/c1-3-19-13(20-4-2)12-16-11(17-18-12)9-7-8(15)5-6-10(9)14/h5-7,13H,3-4H2,1-2H3,(H,16,17,18). The van der Waals surface area contributed by atoms with E-state index in [1.165, 1.54) is 12.1 Å². The zero-order valence-electron chi connectivity index (χ0n) is 11.2. The van der Waals surface area contributed by atoms with Gasteiger partial charge in [0.1, 0.15) is 5.82 Å². The molecule has 0 atom stereocenters. The van der Waals surface area contributed by atoms with Crippen LogP contribution in [0.2, 0.25) is 0 Å². The molecule has 0 aliphatic carbocycles. The molecule has 108 valence electrons. The summed E-state index contributed by atoms with van der Waals surface area (Å²) in [7, 11) is 0. The first-order valence-electron chi connectivity index (χ1n) is 6.26. The van der Waals surface area contributed by atoms with E-state index in [-0.39, 0.29) is 5.82 Å². The van der Waals surface area contributed by atoms with Gasteiger partial charge >= 0.3 is 0 Å². The van der Waals surface area contributed by atoms with Crippen molar-refractivity contribution < 1.29 is 13.9 Å². The monoisotopic (exact) mass is 343 g/mol. The first kappa shape index (κ1) is 15.1. The predicted molar refractivity (Wildman–Crippen MR) is 75.5 cm³/mol. The van der Waals surface area contributed by atoms with Gasteiger partial charge in [-0.1, -0.05) is 15.9 Å². The molecule has 1 heterocycles. The van der Waals surface area contributed by atoms with E-state index in [0.717, 1.165) is 0 Å². The molecule has 20 heavy (non-hydrogen) atoms. The van der Waals surface area contributed by atoms with Gasteiger partial charge in [-0.25, -0.2) is 9.37 Å². The third-order valence-electron chi connectivity index (χ3n) is 2.53. The lowest BCUT2D eigenvalue weighted by Crippen LogP contribution is -2.10. The van der Waals surface area contributed by atoms with Crippen LogP contribution in [0.5, 0.6) is 0 Å². The molecule has 5 nitrogen and oxygen atoms in total. The Morgan fingerprint density at radius 1 is 1.30 bits per heavy atom. The lowest BCUT2D eigenvalue weighted by molar-refractivity contribution is -0.145. The molecule has 0 aliphatic heterocycles. The zero-order valence-corrected chi connectivity index (χ0v) is 12.8. The fraction of sp³-hybridized carbons (Fsp3) is 0.385. The van der Waals surface area contributed by atoms with Crippen molar-refractivity contribution in [3.63, 3.8) is 0 Å². The maximum atomic E-state index is 13.3. The van der Waals surface area contributed by atoms with Crippen LogP contribution >= 0.6 is 15.9 Å². The predicted octanol–water partition coefficient (Wildman–Crippen LogP) is 3.44. The molecule has 0 amide bonds. The molecular formula is C13H15BrFN3O2. The van der Waals surface area contributed by atoms with E-state index >= 15 is 0 Å². The first-order chi connectivity index (χ1) is 9.65. The van der Waals surface area contributed by atoms with E-state index in [4.69, 9.17) is 9.47 Å². The van der Waals surface area contributed by atoms with Crippen molar-refractivity contribution in [3.05, 3.63) is 34.3 Å². The summed E-state index contributed by atoms with van der Waals surface area (Å²) in [6, 6.07) is 4.35. The minimum Gasteiger partial charge on any atom is -0.346 e. The number of nitrogens with zero attached hydrogens (tertiary/aromatic N) is 2. The van der Waals surface area contributed by atoms with Crippen LogP contribution in [-0.4, -0.2) is 28.4 Å². The minimum absolute atomic E-state index is 0.347. The van der Waals surface area contributed by atoms with Gasteiger partial charge in [0.05, 0.1) is 0 Å². The lowest BCUT2D eigenvalue weighted by Gasteiger charge is -2.13. The number of aromatic nitrogens is 3. The van der Waals surface area contributed by atoms with Gasteiger partial charge in [0.15, 0.2) is 11.6 Å². The van der Waals surface area contributed by atoms with E-state index in [1.54, 1.807) is 6.07 Å². The Morgan fingerprint density at radius 2 is 2.00 bits per heavy atom. The van der Waals surface area contributed by atoms with Gasteiger partial charge in [0.25, 0.3) is 0 Å². The summed E-state index contributed by atoms with van der Waals surface area (Å²) >= 11 is 3.35. The van der Waals surface area contributed by atoms with Gasteiger partial charge in [0.2, 0.25) is 6.29 Å². The molecule has 1 aromatic carbocycles. The van der Waals surface area contributed by atoms with Crippen molar-refractivity contribution in [1.29, 1.82) is 0 Å². The maximum Gasteiger partial charge on any atom is 0.218 e. The molecule has 0 fully saturated rings. The Balaban J connectivity index is 2.29. The van der Waals surface area contributed by atoms with Crippen LogP contribution in [0.4, 0.5) is 4.39 Å². The molecule has 1 aromatic heterocycles. The third-order valence-corrected chi connectivity index (χ3v) is 3.22. The van der Waals surface area contributed by atoms with Crippen LogP contribution in [0.25, 0.3) is 11.4 Å². The van der Waals surface area contributed by atoms with Crippen LogP contribution in [0.1, 0.15) is 26.0 Å². The van der Waals surface area contributed by atoms with Gasteiger partial charge in [0, 0.05) is 23.2 Å². The first-order valence-corrected chi connectivity index (χ1v) is 7.06. The fourth-order valence-electron chi connectivity index (χ4n) is 1.68. The largest absolute Gasteiger partial charge is 0.346 e. The molecule has 0 radical (unpaired) electrons. The maximum absolute atomic E-state index is 13.3. The quantitative estimate of drug-likeness (QED) is 0.816. The number of benzene rings is 1. The number of hydrogen-bond donors (Lipinski definition) is 1. The highest BCUT2D eigenvalue weighted by atomic mass is 79.9. The fourth-order valence-corrected chi connectivity index (χ4v) is 2.10. The molecule has 7 heteroatoms. The van der Waals surface area contributed by atoms with E-state index in [2.05, 4.69) is 31.1 Å². The number of hydrogen-bond acceptors (Lipinski definition) is 4. The number of rotatable bonds is 6. The van der Waals surface area contributed by atoms with Gasteiger partial charge in [-0.2, -0.15) is 5.10 Å². The molecule has 0 spiro atoms. The van der Waals surface area contributed by atoms with Crippen molar-refractivity contribution in [3.8, 4) is 11.4 Å². The number of aromatic amines is 1. The average Bonchev–Trinajstić information content (AvgIpc) is 2.91. The summed E-state index contributed by atoms with van der Waals surface area (Å²) in [4.78, 5) is 4.31. The number of nitrogens with one attached hydrogen (secondary N) is 1. The van der Waals surface area contributed by atoms with Gasteiger partial charge in [-0.15, -0.1) is 0 Å². The molecule has 1 N–H and O–H groups in total. The summed E-state index contributed by atoms with van der Waals surface area (Å²) in [6.07, 6.45) is -0.599. The number of H-pyrrole nitrogens is 1. The average molecular weight is 344 g/mol. The SMILES string of the molecule is CCOC(OCC)c1nc(-c2cc(F)ccc2Br)n[nH]1. The van der Waals surface area contributed by atoms with E-state index < -0.39 is 6.29 Å². The summed E-state index contributed by atoms with van der Waals surface area (Å²) in [6.45, 7) is 4.72. The van der Waals surface area contributed by atoms with Crippen molar-refractivity contribution >= 4 is 15.9 Å². The van der Waals surface area contributed by atoms with Gasteiger partial charge in [-0.3, -0.25) is 5.10 Å². The van der Waals surface area contributed by atoms with Crippen molar-refractivity contribution in [1.82, 2.24) is 15.2 Å². The second-order valence-electron chi connectivity index (χ2n) is 3.91. The van der Waals surface area contributed by atoms with E-state index in [0.29, 0.717) is 34.9 Å². The van der Waals surface area contributed by atoms with Crippen molar-refractivity contribution in [2.24, 2.45) is 0 Å². The highest BCUT2D eigenvalue weighted by Crippen LogP contribution is 2.27. The molecule has 0 aliphatic rings.